The first-order valence-electron chi connectivity index (χ1n) is 7.02. The minimum absolute atomic E-state index is 0.243. The topological polar surface area (TPSA) is 32.3 Å². The third-order valence-corrected chi connectivity index (χ3v) is 5.18. The molecule has 1 aliphatic rings. The van der Waals surface area contributed by atoms with Crippen LogP contribution in [0.25, 0.3) is 0 Å². The Morgan fingerprint density at radius 2 is 1.95 bits per heavy atom. The SMILES string of the molecule is CC(CNC1CCN(c2ccccc2)CC1)S(C)=O. The molecule has 1 saturated heterocycles. The molecule has 0 bridgehead atoms. The molecule has 1 fully saturated rings. The lowest BCUT2D eigenvalue weighted by Gasteiger charge is -2.34. The highest BCUT2D eigenvalue weighted by Crippen LogP contribution is 2.19. The van der Waals surface area contributed by atoms with E-state index in [1.807, 2.05) is 6.92 Å². The first-order valence-corrected chi connectivity index (χ1v) is 8.64. The van der Waals surface area contributed by atoms with E-state index in [9.17, 15) is 4.21 Å². The fraction of sp³-hybridized carbons (Fsp3) is 0.600. The van der Waals surface area contributed by atoms with Crippen LogP contribution in [0.3, 0.4) is 0 Å². The van der Waals surface area contributed by atoms with Crippen molar-refractivity contribution in [2.75, 3.05) is 30.8 Å². The van der Waals surface area contributed by atoms with Crippen LogP contribution in [-0.4, -0.2) is 41.4 Å². The number of hydrogen-bond acceptors (Lipinski definition) is 3. The first-order chi connectivity index (χ1) is 9.16. The summed E-state index contributed by atoms with van der Waals surface area (Å²) in [5, 5.41) is 3.80. The fourth-order valence-corrected chi connectivity index (χ4v) is 2.76. The maximum Gasteiger partial charge on any atom is 0.0441 e. The Balaban J connectivity index is 1.75. The molecule has 0 radical (unpaired) electrons. The Labute approximate surface area is 118 Å². The first kappa shape index (κ1) is 14.5. The number of hydrogen-bond donors (Lipinski definition) is 1. The van der Waals surface area contributed by atoms with Crippen molar-refractivity contribution in [2.24, 2.45) is 0 Å². The number of nitrogens with zero attached hydrogens (tertiary/aromatic N) is 1. The molecule has 1 heterocycles. The quantitative estimate of drug-likeness (QED) is 0.895. The molecule has 4 heteroatoms. The molecule has 2 unspecified atom stereocenters. The van der Waals surface area contributed by atoms with Gasteiger partial charge in [0, 0.05) is 53.7 Å². The third kappa shape index (κ3) is 4.32. The van der Waals surface area contributed by atoms with Crippen molar-refractivity contribution in [2.45, 2.75) is 31.1 Å². The summed E-state index contributed by atoms with van der Waals surface area (Å²) in [6, 6.07) is 11.2. The van der Waals surface area contributed by atoms with Gasteiger partial charge in [-0.1, -0.05) is 18.2 Å². The molecule has 1 aromatic carbocycles. The summed E-state index contributed by atoms with van der Waals surface area (Å²) < 4.78 is 11.3. The molecule has 106 valence electrons. The molecule has 1 aliphatic heterocycles. The van der Waals surface area contributed by atoms with Crippen molar-refractivity contribution >= 4 is 16.5 Å². The minimum Gasteiger partial charge on any atom is -0.371 e. The Bertz CT molecular complexity index is 402. The maximum atomic E-state index is 11.3. The lowest BCUT2D eigenvalue weighted by Crippen LogP contribution is -2.44. The Morgan fingerprint density at radius 1 is 1.32 bits per heavy atom. The molecule has 0 aliphatic carbocycles. The summed E-state index contributed by atoms with van der Waals surface area (Å²) in [5.41, 5.74) is 1.32. The zero-order chi connectivity index (χ0) is 13.7. The van der Waals surface area contributed by atoms with Crippen LogP contribution in [-0.2, 0) is 10.8 Å². The van der Waals surface area contributed by atoms with E-state index in [0.29, 0.717) is 6.04 Å². The average molecular weight is 280 g/mol. The van der Waals surface area contributed by atoms with Gasteiger partial charge in [-0.25, -0.2) is 0 Å². The zero-order valence-corrected chi connectivity index (χ0v) is 12.7. The number of para-hydroxylation sites is 1. The Kier molecular flexibility index (Phi) is 5.40. The Morgan fingerprint density at radius 3 is 2.53 bits per heavy atom. The van der Waals surface area contributed by atoms with Crippen LogP contribution in [0, 0.1) is 0 Å². The second-order valence-corrected chi connectivity index (χ2v) is 7.12. The molecule has 0 spiro atoms. The smallest absolute Gasteiger partial charge is 0.0441 e. The van der Waals surface area contributed by atoms with E-state index in [4.69, 9.17) is 0 Å². The zero-order valence-electron chi connectivity index (χ0n) is 11.8. The molecule has 2 rings (SSSR count). The van der Waals surface area contributed by atoms with E-state index >= 15 is 0 Å². The summed E-state index contributed by atoms with van der Waals surface area (Å²) in [6.45, 7) is 5.11. The van der Waals surface area contributed by atoms with E-state index in [2.05, 4.69) is 40.5 Å². The molecule has 0 aromatic heterocycles. The van der Waals surface area contributed by atoms with Gasteiger partial charge in [-0.05, 0) is 31.9 Å². The number of anilines is 1. The number of piperidine rings is 1. The van der Waals surface area contributed by atoms with Crippen LogP contribution in [0.5, 0.6) is 0 Å². The summed E-state index contributed by atoms with van der Waals surface area (Å²) >= 11 is 0. The normalized spacial score (nSPS) is 20.2. The number of rotatable bonds is 5. The standard InChI is InChI=1S/C15H24N2OS/c1-13(19(2)18)12-16-14-8-10-17(11-9-14)15-6-4-3-5-7-15/h3-7,13-14,16H,8-12H2,1-2H3. The lowest BCUT2D eigenvalue weighted by molar-refractivity contribution is 0.416. The molecular formula is C15H24N2OS. The van der Waals surface area contributed by atoms with Gasteiger partial charge in [0.25, 0.3) is 0 Å². The van der Waals surface area contributed by atoms with Crippen molar-refractivity contribution < 1.29 is 4.21 Å². The predicted molar refractivity (Wildman–Crippen MR) is 83.2 cm³/mol. The van der Waals surface area contributed by atoms with Gasteiger partial charge in [-0.15, -0.1) is 0 Å². The van der Waals surface area contributed by atoms with E-state index < -0.39 is 10.8 Å². The van der Waals surface area contributed by atoms with Crippen molar-refractivity contribution in [1.29, 1.82) is 0 Å². The predicted octanol–water partition coefficient (Wildman–Crippen LogP) is 2.01. The molecule has 0 saturated carbocycles. The summed E-state index contributed by atoms with van der Waals surface area (Å²) in [7, 11) is -0.724. The van der Waals surface area contributed by atoms with Crippen molar-refractivity contribution in [3.63, 3.8) is 0 Å². The molecule has 0 amide bonds. The van der Waals surface area contributed by atoms with E-state index in [1.54, 1.807) is 6.26 Å². The van der Waals surface area contributed by atoms with Gasteiger partial charge in [-0.3, -0.25) is 4.21 Å². The highest BCUT2D eigenvalue weighted by atomic mass is 32.2. The minimum atomic E-state index is -0.724. The third-order valence-electron chi connectivity index (χ3n) is 3.88. The van der Waals surface area contributed by atoms with Crippen LogP contribution in [0.15, 0.2) is 30.3 Å². The molecule has 19 heavy (non-hydrogen) atoms. The van der Waals surface area contributed by atoms with Crippen molar-refractivity contribution in [1.82, 2.24) is 5.32 Å². The van der Waals surface area contributed by atoms with Crippen LogP contribution < -0.4 is 10.2 Å². The fourth-order valence-electron chi connectivity index (χ4n) is 2.43. The van der Waals surface area contributed by atoms with Crippen LogP contribution >= 0.6 is 0 Å². The number of nitrogens with one attached hydrogen (secondary N) is 1. The van der Waals surface area contributed by atoms with Crippen LogP contribution in [0.2, 0.25) is 0 Å². The van der Waals surface area contributed by atoms with E-state index in [0.717, 1.165) is 32.5 Å². The monoisotopic (exact) mass is 280 g/mol. The highest BCUT2D eigenvalue weighted by Gasteiger charge is 2.19. The van der Waals surface area contributed by atoms with Crippen LogP contribution in [0.1, 0.15) is 19.8 Å². The summed E-state index contributed by atoms with van der Waals surface area (Å²) in [5.74, 6) is 0. The largest absolute Gasteiger partial charge is 0.371 e. The van der Waals surface area contributed by atoms with Gasteiger partial charge < -0.3 is 10.2 Å². The second kappa shape index (κ2) is 7.06. The average Bonchev–Trinajstić information content (AvgIpc) is 2.46. The van der Waals surface area contributed by atoms with Gasteiger partial charge in [0.2, 0.25) is 0 Å². The van der Waals surface area contributed by atoms with E-state index in [1.165, 1.54) is 5.69 Å². The van der Waals surface area contributed by atoms with Gasteiger partial charge in [0.15, 0.2) is 0 Å². The molecule has 3 nitrogen and oxygen atoms in total. The van der Waals surface area contributed by atoms with Crippen molar-refractivity contribution in [3.8, 4) is 0 Å². The molecule has 2 atom stereocenters. The number of benzene rings is 1. The van der Waals surface area contributed by atoms with Crippen molar-refractivity contribution in [3.05, 3.63) is 30.3 Å². The van der Waals surface area contributed by atoms with Gasteiger partial charge >= 0.3 is 0 Å². The van der Waals surface area contributed by atoms with Gasteiger partial charge in [0.05, 0.1) is 0 Å². The second-order valence-electron chi connectivity index (χ2n) is 5.31. The molecule has 1 aromatic rings. The maximum absolute atomic E-state index is 11.3. The highest BCUT2D eigenvalue weighted by molar-refractivity contribution is 7.84. The lowest BCUT2D eigenvalue weighted by atomic mass is 10.0. The van der Waals surface area contributed by atoms with Crippen LogP contribution in [0.4, 0.5) is 5.69 Å². The Hall–Kier alpha value is -0.870. The van der Waals surface area contributed by atoms with Gasteiger partial charge in [0.1, 0.15) is 0 Å². The summed E-state index contributed by atoms with van der Waals surface area (Å²) in [6.07, 6.45) is 4.11. The molecular weight excluding hydrogens is 256 g/mol. The van der Waals surface area contributed by atoms with E-state index in [-0.39, 0.29) is 5.25 Å². The molecule has 1 N–H and O–H groups in total. The summed E-state index contributed by atoms with van der Waals surface area (Å²) in [4.78, 5) is 2.44. The van der Waals surface area contributed by atoms with Gasteiger partial charge in [-0.2, -0.15) is 0 Å².